The molecule has 144 valence electrons. The van der Waals surface area contributed by atoms with Crippen molar-refractivity contribution >= 4 is 16.7 Å². The molecule has 8 heteroatoms. The Balaban J connectivity index is 1.78. The molecule has 0 fully saturated rings. The number of hydrogen-bond acceptors (Lipinski definition) is 6. The summed E-state index contributed by atoms with van der Waals surface area (Å²) < 4.78 is 12.5. The Labute approximate surface area is 164 Å². The van der Waals surface area contributed by atoms with Crippen LogP contribution >= 0.6 is 0 Å². The number of aromatic nitrogens is 5. The minimum Gasteiger partial charge on any atom is -0.479 e. The van der Waals surface area contributed by atoms with Crippen LogP contribution in [0.3, 0.4) is 0 Å². The average Bonchev–Trinajstić information content (AvgIpc) is 3.29. The second kappa shape index (κ2) is 6.30. The summed E-state index contributed by atoms with van der Waals surface area (Å²) in [5.41, 5.74) is 4.78. The predicted octanol–water partition coefficient (Wildman–Crippen LogP) is 3.52. The highest BCUT2D eigenvalue weighted by Gasteiger charge is 2.22. The molecule has 0 aliphatic rings. The monoisotopic (exact) mass is 387 g/mol. The molecule has 29 heavy (non-hydrogen) atoms. The van der Waals surface area contributed by atoms with Crippen molar-refractivity contribution < 1.29 is 9.15 Å². The molecule has 0 unspecified atom stereocenters. The van der Waals surface area contributed by atoms with E-state index in [4.69, 9.17) is 14.1 Å². The molecule has 0 aliphatic carbocycles. The zero-order valence-electron chi connectivity index (χ0n) is 16.1. The summed E-state index contributed by atoms with van der Waals surface area (Å²) in [7, 11) is 1.51. The molecule has 1 N–H and O–H groups in total. The first kappa shape index (κ1) is 17.2. The van der Waals surface area contributed by atoms with Crippen molar-refractivity contribution in [2.45, 2.75) is 13.8 Å². The minimum atomic E-state index is -0.281. The van der Waals surface area contributed by atoms with Gasteiger partial charge >= 0.3 is 0 Å². The Kier molecular flexibility index (Phi) is 3.73. The predicted molar refractivity (Wildman–Crippen MR) is 108 cm³/mol. The number of H-pyrrole nitrogens is 1. The van der Waals surface area contributed by atoms with Gasteiger partial charge in [-0.25, -0.2) is 19.5 Å². The summed E-state index contributed by atoms with van der Waals surface area (Å²) in [5, 5.41) is 3.12. The maximum Gasteiger partial charge on any atom is 0.285 e. The number of methoxy groups -OCH3 is 1. The number of ether oxygens (including phenoxy) is 1. The van der Waals surface area contributed by atoms with E-state index in [1.807, 2.05) is 37.3 Å². The van der Waals surface area contributed by atoms with Crippen LogP contribution in [0.1, 0.15) is 11.4 Å². The van der Waals surface area contributed by atoms with Gasteiger partial charge in [0.15, 0.2) is 16.7 Å². The van der Waals surface area contributed by atoms with Gasteiger partial charge in [0.05, 0.1) is 12.8 Å². The van der Waals surface area contributed by atoms with E-state index in [1.54, 1.807) is 19.2 Å². The SMILES string of the molecule is COc1nccc2oc(-c3c(C)nc4c(-c5ccccc5)c(C)[nH]n4c3=O)nc12. The van der Waals surface area contributed by atoms with Gasteiger partial charge in [0, 0.05) is 23.5 Å². The molecule has 0 radical (unpaired) electrons. The van der Waals surface area contributed by atoms with E-state index >= 15 is 0 Å². The van der Waals surface area contributed by atoms with Crippen molar-refractivity contribution in [3.05, 3.63) is 64.3 Å². The van der Waals surface area contributed by atoms with Gasteiger partial charge in [0.2, 0.25) is 11.8 Å². The average molecular weight is 387 g/mol. The van der Waals surface area contributed by atoms with Crippen molar-refractivity contribution in [1.82, 2.24) is 24.6 Å². The molecule has 1 aromatic carbocycles. The van der Waals surface area contributed by atoms with Crippen LogP contribution in [0.5, 0.6) is 5.88 Å². The summed E-state index contributed by atoms with van der Waals surface area (Å²) in [5.74, 6) is 0.524. The number of oxazole rings is 1. The standard InChI is InChI=1S/C21H17N5O3/c1-11-16(19-24-17-14(29-19)9-10-22-20(17)28-3)21(27)26-18(23-11)15(12(2)25-26)13-7-5-4-6-8-13/h4-10,25H,1-3H3. The Bertz CT molecular complexity index is 1430. The minimum absolute atomic E-state index is 0.184. The van der Waals surface area contributed by atoms with Gasteiger partial charge in [-0.15, -0.1) is 0 Å². The van der Waals surface area contributed by atoms with Crippen LogP contribution in [0.2, 0.25) is 0 Å². The zero-order valence-corrected chi connectivity index (χ0v) is 16.1. The summed E-state index contributed by atoms with van der Waals surface area (Å²) in [4.78, 5) is 26.6. The van der Waals surface area contributed by atoms with E-state index in [2.05, 4.69) is 15.1 Å². The van der Waals surface area contributed by atoms with Crippen LogP contribution in [-0.4, -0.2) is 31.7 Å². The molecule has 4 aromatic heterocycles. The van der Waals surface area contributed by atoms with Crippen LogP contribution in [0.25, 0.3) is 39.3 Å². The molecule has 0 saturated heterocycles. The molecule has 4 heterocycles. The van der Waals surface area contributed by atoms with E-state index in [9.17, 15) is 4.79 Å². The fraction of sp³-hybridized carbons (Fsp3) is 0.143. The van der Waals surface area contributed by atoms with E-state index in [0.29, 0.717) is 33.9 Å². The molecule has 8 nitrogen and oxygen atoms in total. The molecular formula is C21H17N5O3. The summed E-state index contributed by atoms with van der Waals surface area (Å²) in [6.45, 7) is 3.69. The Morgan fingerprint density at radius 1 is 1.07 bits per heavy atom. The molecule has 0 bridgehead atoms. The number of fused-ring (bicyclic) bond motifs is 2. The largest absolute Gasteiger partial charge is 0.479 e. The van der Waals surface area contributed by atoms with Crippen molar-refractivity contribution in [3.8, 4) is 28.5 Å². The third-order valence-corrected chi connectivity index (χ3v) is 4.89. The lowest BCUT2D eigenvalue weighted by Crippen LogP contribution is -2.19. The number of aryl methyl sites for hydroxylation is 2. The fourth-order valence-electron chi connectivity index (χ4n) is 3.58. The molecule has 0 spiro atoms. The molecule has 0 amide bonds. The van der Waals surface area contributed by atoms with Gasteiger partial charge < -0.3 is 9.15 Å². The number of rotatable bonds is 3. The van der Waals surface area contributed by atoms with E-state index in [0.717, 1.165) is 16.8 Å². The number of nitrogens with zero attached hydrogens (tertiary/aromatic N) is 4. The van der Waals surface area contributed by atoms with E-state index in [1.165, 1.54) is 11.6 Å². The first-order valence-corrected chi connectivity index (χ1v) is 9.05. The molecule has 5 rings (SSSR count). The second-order valence-corrected chi connectivity index (χ2v) is 6.70. The number of pyridine rings is 1. The molecule has 0 saturated carbocycles. The van der Waals surface area contributed by atoms with Crippen LogP contribution < -0.4 is 10.3 Å². The third-order valence-electron chi connectivity index (χ3n) is 4.89. The normalized spacial score (nSPS) is 11.4. The van der Waals surface area contributed by atoms with E-state index in [-0.39, 0.29) is 11.4 Å². The van der Waals surface area contributed by atoms with Crippen molar-refractivity contribution in [1.29, 1.82) is 0 Å². The van der Waals surface area contributed by atoms with E-state index < -0.39 is 0 Å². The second-order valence-electron chi connectivity index (χ2n) is 6.70. The lowest BCUT2D eigenvalue weighted by molar-refractivity contribution is 0.402. The van der Waals surface area contributed by atoms with Crippen LogP contribution in [-0.2, 0) is 0 Å². The number of hydrogen-bond donors (Lipinski definition) is 1. The first-order chi connectivity index (χ1) is 14.1. The lowest BCUT2D eigenvalue weighted by Gasteiger charge is -2.04. The summed E-state index contributed by atoms with van der Waals surface area (Å²) >= 11 is 0. The highest BCUT2D eigenvalue weighted by atomic mass is 16.5. The van der Waals surface area contributed by atoms with Gasteiger partial charge in [-0.05, 0) is 19.4 Å². The third kappa shape index (κ3) is 2.53. The Morgan fingerprint density at radius 3 is 2.62 bits per heavy atom. The number of nitrogens with one attached hydrogen (secondary N) is 1. The van der Waals surface area contributed by atoms with Crippen molar-refractivity contribution in [3.63, 3.8) is 0 Å². The Morgan fingerprint density at radius 2 is 1.86 bits per heavy atom. The number of benzene rings is 1. The maximum absolute atomic E-state index is 13.3. The van der Waals surface area contributed by atoms with Crippen LogP contribution in [0.4, 0.5) is 0 Å². The maximum atomic E-state index is 13.3. The first-order valence-electron chi connectivity index (χ1n) is 9.05. The fourth-order valence-corrected chi connectivity index (χ4v) is 3.58. The van der Waals surface area contributed by atoms with Gasteiger partial charge in [-0.1, -0.05) is 30.3 Å². The van der Waals surface area contributed by atoms with Crippen molar-refractivity contribution in [2.24, 2.45) is 0 Å². The van der Waals surface area contributed by atoms with Gasteiger partial charge in [0.25, 0.3) is 5.56 Å². The van der Waals surface area contributed by atoms with Gasteiger partial charge in [-0.2, -0.15) is 0 Å². The van der Waals surface area contributed by atoms with Crippen molar-refractivity contribution in [2.75, 3.05) is 7.11 Å². The molecule has 5 aromatic rings. The zero-order chi connectivity index (χ0) is 20.1. The van der Waals surface area contributed by atoms with Gasteiger partial charge in [-0.3, -0.25) is 9.89 Å². The summed E-state index contributed by atoms with van der Waals surface area (Å²) in [6.07, 6.45) is 1.57. The lowest BCUT2D eigenvalue weighted by atomic mass is 10.1. The highest BCUT2D eigenvalue weighted by molar-refractivity contribution is 5.82. The van der Waals surface area contributed by atoms with Gasteiger partial charge in [0.1, 0.15) is 5.56 Å². The topological polar surface area (TPSA) is 98.3 Å². The van der Waals surface area contributed by atoms with Crippen LogP contribution in [0.15, 0.2) is 51.8 Å². The molecular weight excluding hydrogens is 370 g/mol. The number of aromatic amines is 1. The quantitative estimate of drug-likeness (QED) is 0.509. The molecule has 0 atom stereocenters. The Hall–Kier alpha value is -3.94. The van der Waals surface area contributed by atoms with Crippen LogP contribution in [0, 0.1) is 13.8 Å². The molecule has 0 aliphatic heterocycles. The summed E-state index contributed by atoms with van der Waals surface area (Å²) in [6, 6.07) is 11.5. The smallest absolute Gasteiger partial charge is 0.285 e. The highest BCUT2D eigenvalue weighted by Crippen LogP contribution is 2.30.